The first-order valence-corrected chi connectivity index (χ1v) is 7.29. The molecule has 1 atom stereocenters. The number of aryl methyl sites for hydroxylation is 2. The number of hydrogen-bond donors (Lipinski definition) is 2. The van der Waals surface area contributed by atoms with E-state index in [2.05, 4.69) is 15.4 Å². The van der Waals surface area contributed by atoms with E-state index in [1.54, 1.807) is 10.9 Å². The molecule has 0 spiro atoms. The van der Waals surface area contributed by atoms with Gasteiger partial charge in [-0.2, -0.15) is 5.10 Å². The van der Waals surface area contributed by atoms with Gasteiger partial charge in [0.15, 0.2) is 0 Å². The van der Waals surface area contributed by atoms with Crippen molar-refractivity contribution in [3.8, 4) is 10.6 Å². The van der Waals surface area contributed by atoms with E-state index in [-0.39, 0.29) is 11.9 Å². The van der Waals surface area contributed by atoms with Gasteiger partial charge in [-0.05, 0) is 20.3 Å². The van der Waals surface area contributed by atoms with E-state index in [0.717, 1.165) is 22.7 Å². The molecule has 0 aliphatic carbocycles. The molecule has 0 fully saturated rings. The van der Waals surface area contributed by atoms with E-state index in [0.29, 0.717) is 11.4 Å². The predicted octanol–water partition coefficient (Wildman–Crippen LogP) is 1.32. The van der Waals surface area contributed by atoms with Gasteiger partial charge in [0.2, 0.25) is 0 Å². The molecular formula is C13H19N5OS. The first-order chi connectivity index (χ1) is 9.47. The van der Waals surface area contributed by atoms with E-state index in [1.165, 1.54) is 11.3 Å². The molecule has 7 heteroatoms. The van der Waals surface area contributed by atoms with Crippen LogP contribution >= 0.6 is 11.3 Å². The average molecular weight is 293 g/mol. The van der Waals surface area contributed by atoms with Gasteiger partial charge in [-0.3, -0.25) is 9.48 Å². The smallest absolute Gasteiger partial charge is 0.263 e. The monoisotopic (exact) mass is 293 g/mol. The lowest BCUT2D eigenvalue weighted by Crippen LogP contribution is -2.28. The molecule has 20 heavy (non-hydrogen) atoms. The summed E-state index contributed by atoms with van der Waals surface area (Å²) >= 11 is 1.39. The van der Waals surface area contributed by atoms with Crippen molar-refractivity contribution in [2.24, 2.45) is 12.8 Å². The van der Waals surface area contributed by atoms with Gasteiger partial charge in [0, 0.05) is 31.4 Å². The van der Waals surface area contributed by atoms with Gasteiger partial charge in [-0.15, -0.1) is 11.3 Å². The fraction of sp³-hybridized carbons (Fsp3) is 0.462. The van der Waals surface area contributed by atoms with Crippen molar-refractivity contribution >= 4 is 17.2 Å². The maximum Gasteiger partial charge on any atom is 0.263 e. The van der Waals surface area contributed by atoms with Crippen molar-refractivity contribution in [1.82, 2.24) is 20.1 Å². The van der Waals surface area contributed by atoms with E-state index >= 15 is 0 Å². The molecule has 0 aliphatic rings. The number of hydrogen-bond acceptors (Lipinski definition) is 5. The highest BCUT2D eigenvalue weighted by Gasteiger charge is 2.16. The van der Waals surface area contributed by atoms with Crippen LogP contribution in [0.4, 0.5) is 0 Å². The minimum absolute atomic E-state index is 0.0869. The lowest BCUT2D eigenvalue weighted by molar-refractivity contribution is 0.0956. The van der Waals surface area contributed by atoms with E-state index < -0.39 is 0 Å². The second kappa shape index (κ2) is 6.15. The number of carbonyl (C=O) groups excluding carboxylic acids is 1. The summed E-state index contributed by atoms with van der Waals surface area (Å²) in [5.74, 6) is -0.0872. The van der Waals surface area contributed by atoms with E-state index in [1.807, 2.05) is 27.1 Å². The van der Waals surface area contributed by atoms with Crippen molar-refractivity contribution in [3.63, 3.8) is 0 Å². The molecule has 0 saturated heterocycles. The number of nitrogens with two attached hydrogens (primary N) is 1. The average Bonchev–Trinajstić information content (AvgIpc) is 2.95. The van der Waals surface area contributed by atoms with Crippen molar-refractivity contribution in [3.05, 3.63) is 23.0 Å². The van der Waals surface area contributed by atoms with Crippen LogP contribution < -0.4 is 11.1 Å². The van der Waals surface area contributed by atoms with Crippen molar-refractivity contribution in [2.75, 3.05) is 6.54 Å². The Hall–Kier alpha value is -1.73. The summed E-state index contributed by atoms with van der Waals surface area (Å²) in [4.78, 5) is 17.2. The maximum absolute atomic E-state index is 12.1. The molecule has 2 aromatic rings. The summed E-state index contributed by atoms with van der Waals surface area (Å²) in [5, 5.41) is 7.80. The molecule has 6 nitrogen and oxygen atoms in total. The number of aromatic nitrogens is 3. The summed E-state index contributed by atoms with van der Waals surface area (Å²) in [7, 11) is 1.85. The standard InChI is InChI=1S/C13H19N5OS/c1-8(14)4-5-15-12(19)11-9(2)17-13(20-11)10-6-16-18(3)7-10/h6-8H,4-5,14H2,1-3H3,(H,15,19). The van der Waals surface area contributed by atoms with Gasteiger partial charge in [0.1, 0.15) is 9.88 Å². The van der Waals surface area contributed by atoms with Crippen LogP contribution in [0, 0.1) is 6.92 Å². The summed E-state index contributed by atoms with van der Waals surface area (Å²) in [6.45, 7) is 4.34. The topological polar surface area (TPSA) is 85.8 Å². The van der Waals surface area contributed by atoms with E-state index in [4.69, 9.17) is 5.73 Å². The van der Waals surface area contributed by atoms with Crippen LogP contribution in [-0.4, -0.2) is 33.3 Å². The highest BCUT2D eigenvalue weighted by atomic mass is 32.1. The first-order valence-electron chi connectivity index (χ1n) is 6.47. The molecule has 0 aromatic carbocycles. The summed E-state index contributed by atoms with van der Waals surface area (Å²) in [6, 6.07) is 0.0869. The minimum Gasteiger partial charge on any atom is -0.351 e. The van der Waals surface area contributed by atoms with Crippen LogP contribution in [-0.2, 0) is 7.05 Å². The minimum atomic E-state index is -0.0872. The summed E-state index contributed by atoms with van der Waals surface area (Å²) < 4.78 is 1.72. The predicted molar refractivity (Wildman–Crippen MR) is 79.7 cm³/mol. The number of rotatable bonds is 5. The third-order valence-corrected chi connectivity index (χ3v) is 4.05. The molecule has 0 bridgehead atoms. The lowest BCUT2D eigenvalue weighted by Gasteiger charge is -2.06. The largest absolute Gasteiger partial charge is 0.351 e. The quantitative estimate of drug-likeness (QED) is 0.870. The number of carbonyl (C=O) groups is 1. The molecular weight excluding hydrogens is 274 g/mol. The molecule has 2 rings (SSSR count). The van der Waals surface area contributed by atoms with Gasteiger partial charge in [-0.25, -0.2) is 4.98 Å². The Labute approximate surface area is 122 Å². The normalized spacial score (nSPS) is 12.4. The highest BCUT2D eigenvalue weighted by Crippen LogP contribution is 2.27. The van der Waals surface area contributed by atoms with Crippen LogP contribution in [0.15, 0.2) is 12.4 Å². The van der Waals surface area contributed by atoms with Crippen LogP contribution in [0.3, 0.4) is 0 Å². The van der Waals surface area contributed by atoms with Gasteiger partial charge in [0.25, 0.3) is 5.91 Å². The van der Waals surface area contributed by atoms with Gasteiger partial charge in [-0.1, -0.05) is 0 Å². The SMILES string of the molecule is Cc1nc(-c2cnn(C)c2)sc1C(=O)NCCC(C)N. The van der Waals surface area contributed by atoms with Gasteiger partial charge in [0.05, 0.1) is 11.9 Å². The Kier molecular flexibility index (Phi) is 4.51. The van der Waals surface area contributed by atoms with Crippen LogP contribution in [0.5, 0.6) is 0 Å². The Bertz CT molecular complexity index is 602. The molecule has 108 valence electrons. The molecule has 2 aromatic heterocycles. The molecule has 3 N–H and O–H groups in total. The Morgan fingerprint density at radius 2 is 2.35 bits per heavy atom. The molecule has 1 unspecified atom stereocenters. The first kappa shape index (κ1) is 14.7. The second-order valence-corrected chi connectivity index (χ2v) is 5.86. The Morgan fingerprint density at radius 1 is 1.60 bits per heavy atom. The fourth-order valence-corrected chi connectivity index (χ4v) is 2.71. The van der Waals surface area contributed by atoms with Gasteiger partial charge < -0.3 is 11.1 Å². The zero-order chi connectivity index (χ0) is 14.7. The zero-order valence-corrected chi connectivity index (χ0v) is 12.7. The van der Waals surface area contributed by atoms with Crippen LogP contribution in [0.2, 0.25) is 0 Å². The molecule has 2 heterocycles. The Morgan fingerprint density at radius 3 is 2.95 bits per heavy atom. The molecule has 0 aliphatic heterocycles. The van der Waals surface area contributed by atoms with Gasteiger partial charge >= 0.3 is 0 Å². The third kappa shape index (κ3) is 3.43. The van der Waals surface area contributed by atoms with Crippen molar-refractivity contribution in [1.29, 1.82) is 0 Å². The molecule has 0 saturated carbocycles. The number of nitrogens with one attached hydrogen (secondary N) is 1. The van der Waals surface area contributed by atoms with Crippen LogP contribution in [0.1, 0.15) is 28.7 Å². The third-order valence-electron chi connectivity index (χ3n) is 2.84. The second-order valence-electron chi connectivity index (χ2n) is 4.86. The summed E-state index contributed by atoms with van der Waals surface area (Å²) in [6.07, 6.45) is 4.39. The molecule has 0 radical (unpaired) electrons. The Balaban J connectivity index is 2.09. The lowest BCUT2D eigenvalue weighted by atomic mass is 10.2. The summed E-state index contributed by atoms with van der Waals surface area (Å²) in [5.41, 5.74) is 7.33. The van der Waals surface area contributed by atoms with Crippen molar-refractivity contribution < 1.29 is 4.79 Å². The highest BCUT2D eigenvalue weighted by molar-refractivity contribution is 7.17. The van der Waals surface area contributed by atoms with E-state index in [9.17, 15) is 4.79 Å². The number of thiazole rings is 1. The zero-order valence-electron chi connectivity index (χ0n) is 11.9. The fourth-order valence-electron chi connectivity index (χ4n) is 1.76. The number of nitrogens with zero attached hydrogens (tertiary/aromatic N) is 3. The maximum atomic E-state index is 12.1. The van der Waals surface area contributed by atoms with Crippen LogP contribution in [0.25, 0.3) is 10.6 Å². The number of amides is 1. The molecule has 1 amide bonds. The van der Waals surface area contributed by atoms with Crippen molar-refractivity contribution in [2.45, 2.75) is 26.3 Å².